The van der Waals surface area contributed by atoms with Gasteiger partial charge in [0.15, 0.2) is 11.5 Å². The van der Waals surface area contributed by atoms with Crippen LogP contribution in [0.15, 0.2) is 71.6 Å². The van der Waals surface area contributed by atoms with Gasteiger partial charge in [-0.2, -0.15) is 4.31 Å². The Labute approximate surface area is 203 Å². The first-order valence-electron chi connectivity index (χ1n) is 11.0. The molecule has 2 amide bonds. The number of benzene rings is 3. The number of ether oxygens (including phenoxy) is 2. The standard InChI is InChI=1S/C25H25N3O6S/c1-3-28(4-2)35(31,32)21-10-5-7-17(13-21)24(29)26-19-8-6-9-20(15-19)27-25(30)18-11-12-22-23(14-18)34-16-33-22/h5-15H,3-4,16H2,1-2H3,(H,26,29)(H,27,30). The van der Waals surface area contributed by atoms with Crippen molar-refractivity contribution in [1.82, 2.24) is 4.31 Å². The zero-order valence-electron chi connectivity index (χ0n) is 19.3. The third-order valence-electron chi connectivity index (χ3n) is 5.45. The van der Waals surface area contributed by atoms with Gasteiger partial charge in [-0.05, 0) is 54.6 Å². The summed E-state index contributed by atoms with van der Waals surface area (Å²) in [6, 6.07) is 17.5. The van der Waals surface area contributed by atoms with Crippen molar-refractivity contribution >= 4 is 33.2 Å². The molecule has 0 aliphatic carbocycles. The van der Waals surface area contributed by atoms with E-state index in [0.29, 0.717) is 41.5 Å². The Morgan fingerprint density at radius 3 is 2.06 bits per heavy atom. The first-order chi connectivity index (χ1) is 16.8. The fourth-order valence-corrected chi connectivity index (χ4v) is 5.13. The largest absolute Gasteiger partial charge is 0.454 e. The Balaban J connectivity index is 1.47. The van der Waals surface area contributed by atoms with E-state index in [1.165, 1.54) is 22.5 Å². The lowest BCUT2D eigenvalue weighted by Crippen LogP contribution is -2.30. The molecule has 0 radical (unpaired) electrons. The Morgan fingerprint density at radius 2 is 1.40 bits per heavy atom. The molecule has 3 aromatic carbocycles. The summed E-state index contributed by atoms with van der Waals surface area (Å²) >= 11 is 0. The van der Waals surface area contributed by atoms with E-state index in [-0.39, 0.29) is 23.2 Å². The maximum Gasteiger partial charge on any atom is 0.255 e. The zero-order valence-corrected chi connectivity index (χ0v) is 20.1. The molecule has 35 heavy (non-hydrogen) atoms. The average molecular weight is 496 g/mol. The predicted molar refractivity (Wildman–Crippen MR) is 131 cm³/mol. The highest BCUT2D eigenvalue weighted by Gasteiger charge is 2.22. The second-order valence-corrected chi connectivity index (χ2v) is 9.61. The number of nitrogens with one attached hydrogen (secondary N) is 2. The molecule has 4 rings (SSSR count). The molecule has 9 nitrogen and oxygen atoms in total. The molecule has 3 aromatic rings. The van der Waals surface area contributed by atoms with E-state index in [0.717, 1.165) is 0 Å². The normalized spacial score (nSPS) is 12.4. The van der Waals surface area contributed by atoms with E-state index < -0.39 is 15.9 Å². The van der Waals surface area contributed by atoms with Gasteiger partial charge < -0.3 is 20.1 Å². The van der Waals surface area contributed by atoms with Crippen LogP contribution in [-0.2, 0) is 10.0 Å². The lowest BCUT2D eigenvalue weighted by atomic mass is 10.1. The van der Waals surface area contributed by atoms with E-state index in [9.17, 15) is 18.0 Å². The number of amides is 2. The van der Waals surface area contributed by atoms with Crippen LogP contribution in [0.2, 0.25) is 0 Å². The minimum Gasteiger partial charge on any atom is -0.454 e. The van der Waals surface area contributed by atoms with Gasteiger partial charge in [-0.1, -0.05) is 26.0 Å². The van der Waals surface area contributed by atoms with Gasteiger partial charge >= 0.3 is 0 Å². The van der Waals surface area contributed by atoms with Crippen LogP contribution in [0, 0.1) is 0 Å². The molecule has 0 bridgehead atoms. The summed E-state index contributed by atoms with van der Waals surface area (Å²) in [6.45, 7) is 4.30. The molecule has 1 aliphatic rings. The highest BCUT2D eigenvalue weighted by atomic mass is 32.2. The molecule has 0 atom stereocenters. The van der Waals surface area contributed by atoms with Crippen LogP contribution in [0.3, 0.4) is 0 Å². The maximum atomic E-state index is 12.8. The van der Waals surface area contributed by atoms with Gasteiger partial charge in [0, 0.05) is 35.6 Å². The van der Waals surface area contributed by atoms with Crippen molar-refractivity contribution in [2.75, 3.05) is 30.5 Å². The van der Waals surface area contributed by atoms with Gasteiger partial charge in [0.1, 0.15) is 0 Å². The van der Waals surface area contributed by atoms with Gasteiger partial charge in [0.2, 0.25) is 16.8 Å². The smallest absolute Gasteiger partial charge is 0.255 e. The number of carbonyl (C=O) groups excluding carboxylic acids is 2. The first kappa shape index (κ1) is 24.2. The molecule has 0 spiro atoms. The third kappa shape index (κ3) is 5.28. The van der Waals surface area contributed by atoms with Crippen LogP contribution in [0.4, 0.5) is 11.4 Å². The molecule has 1 aliphatic heterocycles. The van der Waals surface area contributed by atoms with Gasteiger partial charge in [-0.25, -0.2) is 8.42 Å². The van der Waals surface area contributed by atoms with Gasteiger partial charge in [0.05, 0.1) is 4.90 Å². The number of anilines is 2. The lowest BCUT2D eigenvalue weighted by molar-refractivity contribution is 0.101. The van der Waals surface area contributed by atoms with Crippen molar-refractivity contribution in [2.24, 2.45) is 0 Å². The molecular formula is C25H25N3O6S. The second-order valence-electron chi connectivity index (χ2n) is 7.67. The highest BCUT2D eigenvalue weighted by molar-refractivity contribution is 7.89. The minimum atomic E-state index is -3.69. The number of sulfonamides is 1. The summed E-state index contributed by atoms with van der Waals surface area (Å²) in [6.07, 6.45) is 0. The summed E-state index contributed by atoms with van der Waals surface area (Å²) < 4.78 is 37.5. The molecule has 0 saturated heterocycles. The molecule has 1 heterocycles. The molecule has 2 N–H and O–H groups in total. The molecule has 0 fully saturated rings. The summed E-state index contributed by atoms with van der Waals surface area (Å²) in [4.78, 5) is 25.5. The van der Waals surface area contributed by atoms with Crippen LogP contribution in [0.25, 0.3) is 0 Å². The van der Waals surface area contributed by atoms with Crippen LogP contribution in [-0.4, -0.2) is 44.4 Å². The van der Waals surface area contributed by atoms with E-state index in [2.05, 4.69) is 10.6 Å². The number of carbonyl (C=O) groups is 2. The molecule has 0 unspecified atom stereocenters. The molecule has 182 valence electrons. The molecule has 0 aromatic heterocycles. The minimum absolute atomic E-state index is 0.0543. The van der Waals surface area contributed by atoms with E-state index in [4.69, 9.17) is 9.47 Å². The number of hydrogen-bond donors (Lipinski definition) is 2. The Bertz CT molecular complexity index is 1370. The third-order valence-corrected chi connectivity index (χ3v) is 7.50. The monoisotopic (exact) mass is 495 g/mol. The second kappa shape index (κ2) is 10.2. The summed E-state index contributed by atoms with van der Waals surface area (Å²) in [7, 11) is -3.69. The van der Waals surface area contributed by atoms with Crippen molar-refractivity contribution in [3.8, 4) is 11.5 Å². The first-order valence-corrected chi connectivity index (χ1v) is 12.5. The lowest BCUT2D eigenvalue weighted by Gasteiger charge is -2.18. The van der Waals surface area contributed by atoms with E-state index in [1.54, 1.807) is 62.4 Å². The van der Waals surface area contributed by atoms with Crippen molar-refractivity contribution in [2.45, 2.75) is 18.7 Å². The van der Waals surface area contributed by atoms with Crippen molar-refractivity contribution in [3.05, 3.63) is 77.9 Å². The Kier molecular flexibility index (Phi) is 7.04. The number of fused-ring (bicyclic) bond motifs is 1. The van der Waals surface area contributed by atoms with E-state index >= 15 is 0 Å². The quantitative estimate of drug-likeness (QED) is 0.489. The van der Waals surface area contributed by atoms with Gasteiger partial charge in [-0.3, -0.25) is 9.59 Å². The summed E-state index contributed by atoms with van der Waals surface area (Å²) in [5.41, 5.74) is 1.52. The van der Waals surface area contributed by atoms with Crippen LogP contribution in [0.1, 0.15) is 34.6 Å². The summed E-state index contributed by atoms with van der Waals surface area (Å²) in [5.74, 6) is 0.269. The Hall–Kier alpha value is -3.89. The fraction of sp³-hybridized carbons (Fsp3) is 0.200. The van der Waals surface area contributed by atoms with Crippen LogP contribution >= 0.6 is 0 Å². The van der Waals surface area contributed by atoms with Gasteiger partial charge in [-0.15, -0.1) is 0 Å². The number of hydrogen-bond acceptors (Lipinski definition) is 6. The molecule has 10 heteroatoms. The van der Waals surface area contributed by atoms with Crippen molar-refractivity contribution in [1.29, 1.82) is 0 Å². The zero-order chi connectivity index (χ0) is 25.0. The fourth-order valence-electron chi connectivity index (χ4n) is 3.63. The number of nitrogens with zero attached hydrogens (tertiary/aromatic N) is 1. The molecule has 0 saturated carbocycles. The topological polar surface area (TPSA) is 114 Å². The Morgan fingerprint density at radius 1 is 0.800 bits per heavy atom. The summed E-state index contributed by atoms with van der Waals surface area (Å²) in [5, 5.41) is 5.53. The predicted octanol–water partition coefficient (Wildman–Crippen LogP) is 3.95. The van der Waals surface area contributed by atoms with Crippen LogP contribution < -0.4 is 20.1 Å². The van der Waals surface area contributed by atoms with Crippen molar-refractivity contribution in [3.63, 3.8) is 0 Å². The maximum absolute atomic E-state index is 12.8. The van der Waals surface area contributed by atoms with Crippen molar-refractivity contribution < 1.29 is 27.5 Å². The number of rotatable bonds is 8. The van der Waals surface area contributed by atoms with E-state index in [1.807, 2.05) is 0 Å². The SMILES string of the molecule is CCN(CC)S(=O)(=O)c1cccc(C(=O)Nc2cccc(NC(=O)c3ccc4c(c3)OCO4)c2)c1. The highest BCUT2D eigenvalue weighted by Crippen LogP contribution is 2.32. The molecular weight excluding hydrogens is 470 g/mol. The van der Waals surface area contributed by atoms with Gasteiger partial charge in [0.25, 0.3) is 11.8 Å². The van der Waals surface area contributed by atoms with Crippen LogP contribution in [0.5, 0.6) is 11.5 Å². The average Bonchev–Trinajstić information content (AvgIpc) is 3.33.